The van der Waals surface area contributed by atoms with Gasteiger partial charge in [-0.3, -0.25) is 4.72 Å². The van der Waals surface area contributed by atoms with Gasteiger partial charge in [-0.25, -0.2) is 19.9 Å². The van der Waals surface area contributed by atoms with Crippen molar-refractivity contribution < 1.29 is 27.4 Å². The molecule has 0 aliphatic rings. The van der Waals surface area contributed by atoms with Crippen LogP contribution >= 0.6 is 0 Å². The zero-order valence-corrected chi connectivity index (χ0v) is 24.4. The Morgan fingerprint density at radius 3 is 2.19 bits per heavy atom. The number of aliphatic imine (C=N–C) groups is 1. The zero-order chi connectivity index (χ0) is 30.3. The largest absolute Gasteiger partial charge is 0.493 e. The average molecular weight is 595 g/mol. The second-order valence-electron chi connectivity index (χ2n) is 8.66. The lowest BCUT2D eigenvalue weighted by Gasteiger charge is -2.14. The summed E-state index contributed by atoms with van der Waals surface area (Å²) in [6, 6.07) is 10.1. The number of ether oxygens (including phenoxy) is 4. The molecular weight excluding hydrogens is 564 g/mol. The topological polar surface area (TPSA) is 185 Å². The number of benzene rings is 2. The number of methoxy groups -OCH3 is 4. The van der Waals surface area contributed by atoms with Crippen molar-refractivity contribution in [1.82, 2.24) is 19.9 Å². The van der Waals surface area contributed by atoms with Crippen molar-refractivity contribution in [2.75, 3.05) is 44.2 Å². The van der Waals surface area contributed by atoms with E-state index in [-0.39, 0.29) is 16.9 Å². The second kappa shape index (κ2) is 13.0. The Morgan fingerprint density at radius 2 is 1.60 bits per heavy atom. The fourth-order valence-electron chi connectivity index (χ4n) is 3.90. The van der Waals surface area contributed by atoms with Crippen molar-refractivity contribution in [3.8, 4) is 23.1 Å². The summed E-state index contributed by atoms with van der Waals surface area (Å²) in [7, 11) is 1.95. The molecule has 2 aromatic carbocycles. The monoisotopic (exact) mass is 594 g/mol. The maximum atomic E-state index is 12.7. The van der Waals surface area contributed by atoms with Gasteiger partial charge in [0.1, 0.15) is 11.7 Å². The van der Waals surface area contributed by atoms with Gasteiger partial charge < -0.3 is 30.0 Å². The SMILES string of the molecule is COc1cc(Cc2cnc(NC(C)=Nc3ccc(NS(=O)(=O)c4nccnc4OC)cc3)nc2N)cc(OC)c1OC. The molecule has 0 saturated carbocycles. The highest BCUT2D eigenvalue weighted by atomic mass is 32.2. The lowest BCUT2D eigenvalue weighted by molar-refractivity contribution is 0.324. The predicted octanol–water partition coefficient (Wildman–Crippen LogP) is 3.44. The van der Waals surface area contributed by atoms with Gasteiger partial charge in [-0.05, 0) is 48.9 Å². The van der Waals surface area contributed by atoms with Crippen molar-refractivity contribution in [2.45, 2.75) is 18.4 Å². The number of aromatic nitrogens is 4. The van der Waals surface area contributed by atoms with Crippen LogP contribution in [-0.2, 0) is 16.4 Å². The predicted molar refractivity (Wildman–Crippen MR) is 158 cm³/mol. The van der Waals surface area contributed by atoms with Gasteiger partial charge >= 0.3 is 0 Å². The van der Waals surface area contributed by atoms with E-state index in [4.69, 9.17) is 24.7 Å². The summed E-state index contributed by atoms with van der Waals surface area (Å²) >= 11 is 0. The Labute approximate surface area is 243 Å². The van der Waals surface area contributed by atoms with Crippen LogP contribution in [0.25, 0.3) is 0 Å². The lowest BCUT2D eigenvalue weighted by Crippen LogP contribution is -2.16. The van der Waals surface area contributed by atoms with Gasteiger partial charge in [0, 0.05) is 36.3 Å². The van der Waals surface area contributed by atoms with Crippen molar-refractivity contribution in [1.29, 1.82) is 0 Å². The second-order valence-corrected chi connectivity index (χ2v) is 10.3. The highest BCUT2D eigenvalue weighted by Gasteiger charge is 2.22. The van der Waals surface area contributed by atoms with E-state index in [1.807, 2.05) is 12.1 Å². The van der Waals surface area contributed by atoms with E-state index in [0.29, 0.717) is 52.3 Å². The van der Waals surface area contributed by atoms with Crippen LogP contribution in [0.15, 0.2) is 65.0 Å². The first-order valence-electron chi connectivity index (χ1n) is 12.4. The maximum Gasteiger partial charge on any atom is 0.284 e. The van der Waals surface area contributed by atoms with Gasteiger partial charge in [0.15, 0.2) is 11.5 Å². The molecule has 42 heavy (non-hydrogen) atoms. The third-order valence-corrected chi connectivity index (χ3v) is 7.10. The Bertz CT molecular complexity index is 1670. The van der Waals surface area contributed by atoms with Crippen molar-refractivity contribution >= 4 is 39.0 Å². The molecule has 0 aliphatic heterocycles. The molecular formula is C27H30N8O6S. The number of rotatable bonds is 11. The molecule has 0 atom stereocenters. The highest BCUT2D eigenvalue weighted by Crippen LogP contribution is 2.39. The quantitative estimate of drug-likeness (QED) is 0.170. The smallest absolute Gasteiger partial charge is 0.284 e. The molecule has 4 N–H and O–H groups in total. The lowest BCUT2D eigenvalue weighted by atomic mass is 10.1. The molecule has 4 aromatic rings. The van der Waals surface area contributed by atoms with Crippen LogP contribution < -0.4 is 34.7 Å². The minimum absolute atomic E-state index is 0.106. The molecule has 0 radical (unpaired) electrons. The minimum atomic E-state index is -4.01. The first kappa shape index (κ1) is 29.8. The van der Waals surface area contributed by atoms with Crippen LogP contribution in [-0.4, -0.2) is 62.6 Å². The van der Waals surface area contributed by atoms with E-state index in [2.05, 4.69) is 35.0 Å². The Kier molecular flexibility index (Phi) is 9.22. The van der Waals surface area contributed by atoms with Gasteiger partial charge in [0.05, 0.1) is 34.1 Å². The summed E-state index contributed by atoms with van der Waals surface area (Å²) in [6.45, 7) is 1.74. The van der Waals surface area contributed by atoms with Crippen LogP contribution in [0.2, 0.25) is 0 Å². The van der Waals surface area contributed by atoms with Crippen molar-refractivity contribution in [3.63, 3.8) is 0 Å². The molecule has 0 fully saturated rings. The molecule has 0 spiro atoms. The molecule has 0 aliphatic carbocycles. The average Bonchev–Trinajstić information content (AvgIpc) is 2.98. The third kappa shape index (κ3) is 6.93. The summed E-state index contributed by atoms with van der Waals surface area (Å²) in [6.07, 6.45) is 4.68. The molecule has 2 aromatic heterocycles. The number of nitrogens with one attached hydrogen (secondary N) is 2. The van der Waals surface area contributed by atoms with E-state index in [9.17, 15) is 8.42 Å². The number of sulfonamides is 1. The summed E-state index contributed by atoms with van der Waals surface area (Å²) in [5.41, 5.74) is 8.69. The number of nitrogen functional groups attached to an aromatic ring is 1. The Morgan fingerprint density at radius 1 is 0.929 bits per heavy atom. The van der Waals surface area contributed by atoms with Crippen LogP contribution in [0.4, 0.5) is 23.1 Å². The van der Waals surface area contributed by atoms with Crippen LogP contribution in [0, 0.1) is 0 Å². The number of anilines is 3. The normalized spacial score (nSPS) is 11.5. The van der Waals surface area contributed by atoms with Crippen LogP contribution in [0.3, 0.4) is 0 Å². The van der Waals surface area contributed by atoms with Crippen molar-refractivity contribution in [3.05, 3.63) is 66.1 Å². The zero-order valence-electron chi connectivity index (χ0n) is 23.6. The molecule has 220 valence electrons. The van der Waals surface area contributed by atoms with Gasteiger partial charge in [0.2, 0.25) is 16.7 Å². The number of nitrogens with zero attached hydrogens (tertiary/aromatic N) is 5. The number of nitrogens with two attached hydrogens (primary N) is 1. The van der Waals surface area contributed by atoms with Gasteiger partial charge in [-0.15, -0.1) is 0 Å². The standard InChI is InChI=1S/C27H30N8O6S/c1-16(32-19-6-8-20(9-7-19)35-42(36,37)26-25(41-5)29-10-11-30-26)33-27-31-15-18(24(28)34-27)12-17-13-21(38-2)23(40-4)22(14-17)39-3/h6-11,13-15,35H,12H2,1-5H3,(H3,28,31,32,33,34). The van der Waals surface area contributed by atoms with E-state index in [0.717, 1.165) is 5.56 Å². The Balaban J connectivity index is 1.43. The number of hydrogen-bond donors (Lipinski definition) is 3. The molecule has 0 bridgehead atoms. The molecule has 0 saturated heterocycles. The molecule has 4 rings (SSSR count). The highest BCUT2D eigenvalue weighted by molar-refractivity contribution is 7.92. The summed E-state index contributed by atoms with van der Waals surface area (Å²) in [4.78, 5) is 20.9. The van der Waals surface area contributed by atoms with Gasteiger partial charge in [-0.1, -0.05) is 0 Å². The fraction of sp³-hybridized carbons (Fsp3) is 0.222. The van der Waals surface area contributed by atoms with Crippen LogP contribution in [0.5, 0.6) is 23.1 Å². The maximum absolute atomic E-state index is 12.7. The van der Waals surface area contributed by atoms with E-state index < -0.39 is 10.0 Å². The molecule has 14 nitrogen and oxygen atoms in total. The summed E-state index contributed by atoms with van der Waals surface area (Å²) in [5, 5.41) is 2.70. The summed E-state index contributed by atoms with van der Waals surface area (Å²) in [5.74, 6) is 2.52. The fourth-order valence-corrected chi connectivity index (χ4v) is 5.01. The van der Waals surface area contributed by atoms with E-state index in [1.54, 1.807) is 58.7 Å². The first-order valence-corrected chi connectivity index (χ1v) is 13.9. The summed E-state index contributed by atoms with van der Waals surface area (Å²) < 4.78 is 49.1. The molecule has 2 heterocycles. The molecule has 0 unspecified atom stereocenters. The third-order valence-electron chi connectivity index (χ3n) is 5.81. The molecule has 0 amide bonds. The Hall–Kier alpha value is -5.18. The number of hydrogen-bond acceptors (Lipinski definition) is 12. The number of amidine groups is 1. The van der Waals surface area contributed by atoms with Crippen molar-refractivity contribution in [2.24, 2.45) is 4.99 Å². The first-order chi connectivity index (χ1) is 20.2. The molecule has 15 heteroatoms. The van der Waals surface area contributed by atoms with E-state index in [1.165, 1.54) is 19.5 Å². The minimum Gasteiger partial charge on any atom is -0.493 e. The van der Waals surface area contributed by atoms with Gasteiger partial charge in [0.25, 0.3) is 15.9 Å². The van der Waals surface area contributed by atoms with Crippen LogP contribution in [0.1, 0.15) is 18.1 Å². The van der Waals surface area contributed by atoms with E-state index >= 15 is 0 Å². The van der Waals surface area contributed by atoms with Gasteiger partial charge in [-0.2, -0.15) is 13.4 Å².